The van der Waals surface area contributed by atoms with Crippen molar-refractivity contribution in [3.05, 3.63) is 231 Å². The number of hydrogen-bond acceptors (Lipinski definition) is 42. The van der Waals surface area contributed by atoms with Gasteiger partial charge < -0.3 is 77.6 Å². The molecule has 0 bridgehead atoms. The van der Waals surface area contributed by atoms with Gasteiger partial charge in [0.1, 0.15) is 44.4 Å². The normalized spacial score (nSPS) is 10.4. The molecule has 138 heavy (non-hydrogen) atoms. The van der Waals surface area contributed by atoms with Gasteiger partial charge in [0.2, 0.25) is 21.8 Å². The fraction of sp³-hybridized carbons (Fsp3) is 0.314. The highest BCUT2D eigenvalue weighted by Crippen LogP contribution is 2.24. The van der Waals surface area contributed by atoms with Gasteiger partial charge in [0.25, 0.3) is 16.4 Å². The summed E-state index contributed by atoms with van der Waals surface area (Å²) in [6.07, 6.45) is 28.2. The molecule has 8 heterocycles. The maximum absolute atomic E-state index is 12.6. The molecular weight excluding hydrogens is 2000 g/mol. The molecule has 0 radical (unpaired) electrons. The molecule has 0 aliphatic carbocycles. The number of carboxylic acids is 1. The lowest BCUT2D eigenvalue weighted by atomic mass is 10.1. The van der Waals surface area contributed by atoms with Gasteiger partial charge in [-0.3, -0.25) is 38.4 Å². The van der Waals surface area contributed by atoms with Crippen molar-refractivity contribution in [3.63, 3.8) is 0 Å². The number of nitrogens with two attached hydrogens (primary N) is 1. The quantitative estimate of drug-likeness (QED) is 0.00223. The first-order valence-electron chi connectivity index (χ1n) is 40.0. The van der Waals surface area contributed by atoms with Crippen molar-refractivity contribution in [1.29, 1.82) is 5.41 Å². The Morgan fingerprint density at radius 1 is 0.486 bits per heavy atom. The van der Waals surface area contributed by atoms with Crippen molar-refractivity contribution in [1.82, 2.24) is 78.7 Å². The zero-order valence-electron chi connectivity index (χ0n) is 78.0. The van der Waals surface area contributed by atoms with E-state index in [1.165, 1.54) is 132 Å². The molecule has 0 saturated heterocycles. The second kappa shape index (κ2) is 65.9. The summed E-state index contributed by atoms with van der Waals surface area (Å²) in [4.78, 5) is 210. The minimum absolute atomic E-state index is 0.00769. The lowest BCUT2D eigenvalue weighted by molar-refractivity contribution is -0.147. The highest BCUT2D eigenvalue weighted by Gasteiger charge is 2.27. The largest absolute Gasteiger partial charge is 0.500 e. The number of rotatable bonds is 30. The number of nitrogens with one attached hydrogen (secondary N) is 3. The average molecular weight is 2100 g/mol. The van der Waals surface area contributed by atoms with Gasteiger partial charge in [-0.15, -0.1) is 0 Å². The Labute approximate surface area is 834 Å². The number of thioether (sulfide) groups is 6. The third kappa shape index (κ3) is 41.3. The third-order valence-electron chi connectivity index (χ3n) is 15.4. The summed E-state index contributed by atoms with van der Waals surface area (Å²) in [6, 6.07) is 18.5. The summed E-state index contributed by atoms with van der Waals surface area (Å²) in [6.45, 7) is 15.5. The van der Waals surface area contributed by atoms with E-state index in [1.54, 1.807) is 120 Å². The van der Waals surface area contributed by atoms with Gasteiger partial charge in [0.15, 0.2) is 47.8 Å². The number of ketones is 1. The summed E-state index contributed by atoms with van der Waals surface area (Å²) >= 11 is 24.6. The molecule has 10 aromatic rings. The first-order valence-corrected chi connectivity index (χ1v) is 50.0. The number of H-pyrrole nitrogens is 2. The number of fused-ring (bicyclic) bond motifs is 2. The monoisotopic (exact) mass is 2100 g/mol. The average Bonchev–Trinajstić information content (AvgIpc) is 0.766. The number of carbonyl (C=O) groups is 10. The predicted octanol–water partition coefficient (Wildman–Crippen LogP) is 11.4. The van der Waals surface area contributed by atoms with E-state index in [9.17, 15) is 71.3 Å². The molecule has 2 aromatic carbocycles. The second-order valence-electron chi connectivity index (χ2n) is 25.3. The second-order valence-corrected chi connectivity index (χ2v) is 32.4. The maximum Gasteiger partial charge on any atom is 0.348 e. The molecule has 0 spiro atoms. The molecule has 52 heteroatoms. The number of hydrogen-bond donors (Lipinski definition) is 5. The van der Waals surface area contributed by atoms with Gasteiger partial charge >= 0.3 is 47.8 Å². The Balaban J connectivity index is 0.000000539. The third-order valence-corrected chi connectivity index (χ3v) is 20.2. The van der Waals surface area contributed by atoms with E-state index in [4.69, 9.17) is 70.0 Å². The number of amidine groups is 1. The van der Waals surface area contributed by atoms with Crippen LogP contribution in [0.2, 0.25) is 10.3 Å². The zero-order chi connectivity index (χ0) is 104. The number of aromatic amines is 2. The molecule has 0 aliphatic rings. The summed E-state index contributed by atoms with van der Waals surface area (Å²) in [5, 5.41) is 17.5. The molecule has 0 saturated carbocycles. The fourth-order valence-electron chi connectivity index (χ4n) is 9.33. The van der Waals surface area contributed by atoms with Crippen LogP contribution in [0, 0.1) is 5.41 Å². The van der Waals surface area contributed by atoms with Crippen LogP contribution in [0.15, 0.2) is 196 Å². The van der Waals surface area contributed by atoms with Crippen molar-refractivity contribution in [3.8, 4) is 11.4 Å². The van der Waals surface area contributed by atoms with Crippen molar-refractivity contribution < 1.29 is 95.2 Å². The first-order chi connectivity index (χ1) is 65.7. The maximum atomic E-state index is 12.6. The number of aromatic nitrogens is 14. The number of nitrogens with zero attached hydrogens (tertiary/aromatic N) is 14. The van der Waals surface area contributed by atoms with Crippen LogP contribution in [0.3, 0.4) is 0 Å². The summed E-state index contributed by atoms with van der Waals surface area (Å²) in [5.74, 6) is -6.30. The lowest BCUT2D eigenvalue weighted by Crippen LogP contribution is -2.21. The molecule has 0 fully saturated rings. The zero-order valence-corrected chi connectivity index (χ0v) is 86.0. The highest BCUT2D eigenvalue weighted by atomic mass is 35.5. The van der Waals surface area contributed by atoms with Gasteiger partial charge in [-0.2, -0.15) is 0 Å². The smallest absolute Gasteiger partial charge is 0.348 e. The van der Waals surface area contributed by atoms with Gasteiger partial charge in [-0.1, -0.05) is 130 Å². The number of carbonyl (C=O) groups excluding carboxylic acids is 9. The Hall–Kier alpha value is -12.8. The molecule has 8 aromatic heterocycles. The number of aromatic carboxylic acids is 1. The predicted molar refractivity (Wildman–Crippen MR) is 531 cm³/mol. The van der Waals surface area contributed by atoms with E-state index >= 15 is 0 Å². The van der Waals surface area contributed by atoms with Crippen LogP contribution in [0.25, 0.3) is 33.4 Å². The van der Waals surface area contributed by atoms with E-state index in [-0.39, 0.29) is 127 Å². The van der Waals surface area contributed by atoms with Crippen molar-refractivity contribution in [2.45, 2.75) is 86.3 Å². The summed E-state index contributed by atoms with van der Waals surface area (Å²) in [5.41, 5.74) is 4.34. The summed E-state index contributed by atoms with van der Waals surface area (Å²) < 4.78 is 53.4. The number of para-hydroxylation sites is 2. The van der Waals surface area contributed by atoms with E-state index < -0.39 is 85.6 Å². The van der Waals surface area contributed by atoms with Crippen molar-refractivity contribution in [2.24, 2.45) is 5.73 Å². The van der Waals surface area contributed by atoms with E-state index in [0.717, 1.165) is 18.1 Å². The van der Waals surface area contributed by atoms with Gasteiger partial charge in [-0.25, -0.2) is 88.2 Å². The van der Waals surface area contributed by atoms with Gasteiger partial charge in [0, 0.05) is 114 Å². The molecule has 6 N–H and O–H groups in total. The number of ether oxygens (including phenoxy) is 8. The molecule has 10 rings (SSSR count). The Morgan fingerprint density at radius 3 is 1.22 bits per heavy atom. The SMILES string of the molecule is CCOC(=O)/C(=C\N(C)C)C(=O)c1cnc(SC)nc1Cl.CCOC(=O)/C=C\N(C)C.CCOC(=O)c1cn(-c2ccccc2)c2nc(S(C)=O)ncc2c1=O.CCOC(=O)c1cn(-c2ccccc2)c2nc(SC)ncc2c1=O.CCOC(=O)c1cnc(SC)[nH]c1=O.CCOC=C(C(=O)OCC)C(=O)OCC.CSC(=N)N.CSc1ncc(C(=O)Cl)c(Cl)n1.CSc1ncc(C(=O)O)c(=O)[nH]1. The van der Waals surface area contributed by atoms with Crippen LogP contribution < -0.4 is 27.7 Å². The van der Waals surface area contributed by atoms with Crippen LogP contribution in [-0.2, 0) is 67.9 Å². The molecule has 0 amide bonds. The minimum Gasteiger partial charge on any atom is -0.500 e. The van der Waals surface area contributed by atoms with Crippen LogP contribution in [-0.4, -0.2) is 277 Å². The Morgan fingerprint density at radius 2 is 0.862 bits per heavy atom. The van der Waals surface area contributed by atoms with Crippen molar-refractivity contribution in [2.75, 3.05) is 125 Å². The van der Waals surface area contributed by atoms with Gasteiger partial charge in [-0.05, 0) is 129 Å². The summed E-state index contributed by atoms with van der Waals surface area (Å²) in [7, 11) is 5.68. The van der Waals surface area contributed by atoms with Crippen molar-refractivity contribution >= 4 is 202 Å². The van der Waals surface area contributed by atoms with Crippen LogP contribution in [0.4, 0.5) is 0 Å². The topological polar surface area (TPSA) is 577 Å². The molecule has 742 valence electrons. The molecule has 0 aliphatic heterocycles. The molecule has 1 atom stereocenters. The molecular formula is C86H101Cl3N18O24S7. The lowest BCUT2D eigenvalue weighted by Gasteiger charge is -2.12. The van der Waals surface area contributed by atoms with Crippen LogP contribution >= 0.6 is 105 Å². The molecule has 42 nitrogen and oxygen atoms in total. The standard InChI is InChI=1S/C17H15N3O4S.C17H15N3O3S.C13H16ClN3O3S.C10H16O5.C8H10N2O3S.C7H13NO2.C6H4Cl2N2OS.C6H6N2O3S.C2H6N2S/c1-3-24-16(22)13-10-20(11-7-5-4-6-8-11)15-12(14(13)21)9-18-17(19-15)25(2)23;1-3-23-16(22)13-10-20(11-7-5-4-6-8-11)15-12(14(13)21)9-18-17(19-15)24-2;1-5-20-12(19)9(7-17(2)3)10(18)8-6-15-13(21-4)16-11(8)14;1-4-13-7-8(9(11)14-5-2)10(12)15-6-3;1-3-13-7(12)5-4-9-8(14-2)10-6(5)11;1-4-10-7(9)5-6-8(2)3;1-12-6-9-2-3(5(8)11)4(7)10-6;1-12-6-7-2-3(5(10)11)4(9)8-6;1-5-2(3)4/h4-10H,3H2,1-2H3;4-10H,3H2,1-2H3;6-7H,5H2,1-4H3;7H,4-6H2,1-3H3;4H,3H2,1-2H3,(H,9,10,11);5-6H,4H2,1-3H3;2H,1H3;2H,1H3,(H,10,11)(H,7,8,9);1H3,(H3,3,4)/b;;9-7-;;;6-5-;;;. The highest BCUT2D eigenvalue weighted by molar-refractivity contribution is 8.13. The number of Topliss-reactive ketones (excluding diaryl/α,β-unsaturated/α-hetero) is 1. The minimum atomic E-state index is -1.40. The number of pyridine rings is 2. The van der Waals surface area contributed by atoms with E-state index in [0.29, 0.717) is 50.3 Å². The van der Waals surface area contributed by atoms with Crippen LogP contribution in [0.1, 0.15) is 118 Å². The van der Waals surface area contributed by atoms with E-state index in [2.05, 4.69) is 78.8 Å². The number of benzene rings is 2. The number of esters is 7. The van der Waals surface area contributed by atoms with E-state index in [1.807, 2.05) is 87.3 Å². The Kier molecular flexibility index (Phi) is 57.9. The molecule has 1 unspecified atom stereocenters. The number of halogens is 3. The fourth-order valence-corrected chi connectivity index (χ4v) is 12.2. The van der Waals surface area contributed by atoms with Crippen LogP contribution in [0.5, 0.6) is 0 Å². The number of carboxylic acid groups (broad SMARTS) is 1. The Bertz CT molecular complexity index is 6180. The van der Waals surface area contributed by atoms with Gasteiger partial charge in [0.05, 0.1) is 85.6 Å². The first kappa shape index (κ1) is 121.